The summed E-state index contributed by atoms with van der Waals surface area (Å²) in [6.45, 7) is 6.62. The molecule has 7 heteroatoms. The van der Waals surface area contributed by atoms with Crippen LogP contribution in [0.15, 0.2) is 59.2 Å². The minimum atomic E-state index is -0.317. The molecule has 0 bridgehead atoms. The second-order valence-electron chi connectivity index (χ2n) is 7.56. The van der Waals surface area contributed by atoms with Gasteiger partial charge in [-0.25, -0.2) is 4.39 Å². The fourth-order valence-electron chi connectivity index (χ4n) is 3.24. The SMILES string of the molecule is CC[C@H](C)N(CC(=O)N(Cc1ccc(F)cc1)Cc1ccc(C)s1)C(=O)c1ccco1. The Kier molecular flexibility index (Phi) is 7.63. The second-order valence-corrected chi connectivity index (χ2v) is 8.93. The fourth-order valence-corrected chi connectivity index (χ4v) is 4.14. The number of nitrogens with zero attached hydrogens (tertiary/aromatic N) is 2. The third kappa shape index (κ3) is 6.04. The minimum Gasteiger partial charge on any atom is -0.459 e. The van der Waals surface area contributed by atoms with Crippen LogP contribution in [0, 0.1) is 12.7 Å². The minimum absolute atomic E-state index is 0.0555. The Balaban J connectivity index is 1.82. The smallest absolute Gasteiger partial charge is 0.290 e. The molecule has 0 saturated carbocycles. The lowest BCUT2D eigenvalue weighted by Gasteiger charge is -2.30. The van der Waals surface area contributed by atoms with E-state index >= 15 is 0 Å². The van der Waals surface area contributed by atoms with Crippen LogP contribution in [0.1, 0.15) is 46.1 Å². The highest BCUT2D eigenvalue weighted by atomic mass is 32.1. The molecule has 164 valence electrons. The molecule has 0 radical (unpaired) electrons. The Morgan fingerprint density at radius 3 is 2.42 bits per heavy atom. The molecule has 0 aliphatic rings. The molecule has 0 aliphatic carbocycles. The van der Waals surface area contributed by atoms with Gasteiger partial charge in [-0.15, -0.1) is 11.3 Å². The molecular weight excluding hydrogens is 415 g/mol. The number of thiophene rings is 1. The molecule has 0 N–H and O–H groups in total. The largest absolute Gasteiger partial charge is 0.459 e. The Labute approximate surface area is 186 Å². The summed E-state index contributed by atoms with van der Waals surface area (Å²) in [5, 5.41) is 0. The maximum atomic E-state index is 13.4. The van der Waals surface area contributed by atoms with Crippen molar-refractivity contribution in [2.75, 3.05) is 6.54 Å². The molecule has 3 aromatic rings. The van der Waals surface area contributed by atoms with Crippen molar-refractivity contribution >= 4 is 23.2 Å². The van der Waals surface area contributed by atoms with Crippen LogP contribution in [0.2, 0.25) is 0 Å². The average molecular weight is 443 g/mol. The second kappa shape index (κ2) is 10.4. The Morgan fingerprint density at radius 2 is 1.84 bits per heavy atom. The van der Waals surface area contributed by atoms with Crippen molar-refractivity contribution < 1.29 is 18.4 Å². The normalized spacial score (nSPS) is 11.9. The van der Waals surface area contributed by atoms with E-state index in [4.69, 9.17) is 4.42 Å². The zero-order valence-corrected chi connectivity index (χ0v) is 18.8. The highest BCUT2D eigenvalue weighted by Crippen LogP contribution is 2.20. The number of furan rings is 1. The zero-order chi connectivity index (χ0) is 22.4. The number of amides is 2. The van der Waals surface area contributed by atoms with E-state index in [9.17, 15) is 14.0 Å². The lowest BCUT2D eigenvalue weighted by atomic mass is 10.1. The van der Waals surface area contributed by atoms with Crippen LogP contribution in [-0.4, -0.2) is 34.2 Å². The summed E-state index contributed by atoms with van der Waals surface area (Å²) < 4.78 is 18.6. The molecule has 3 rings (SSSR count). The first-order valence-corrected chi connectivity index (χ1v) is 11.1. The van der Waals surface area contributed by atoms with Crippen LogP contribution in [-0.2, 0) is 17.9 Å². The fraction of sp³-hybridized carbons (Fsp3) is 0.333. The lowest BCUT2D eigenvalue weighted by molar-refractivity contribution is -0.133. The van der Waals surface area contributed by atoms with Crippen LogP contribution < -0.4 is 0 Å². The van der Waals surface area contributed by atoms with Crippen LogP contribution in [0.4, 0.5) is 4.39 Å². The van der Waals surface area contributed by atoms with E-state index in [0.29, 0.717) is 19.5 Å². The average Bonchev–Trinajstić information content (AvgIpc) is 3.44. The third-order valence-electron chi connectivity index (χ3n) is 5.20. The van der Waals surface area contributed by atoms with E-state index in [1.54, 1.807) is 45.4 Å². The predicted octanol–water partition coefficient (Wildman–Crippen LogP) is 5.26. The molecule has 2 heterocycles. The van der Waals surface area contributed by atoms with Crippen LogP contribution >= 0.6 is 11.3 Å². The molecule has 0 saturated heterocycles. The molecule has 2 aromatic heterocycles. The van der Waals surface area contributed by atoms with Crippen LogP contribution in [0.25, 0.3) is 0 Å². The first kappa shape index (κ1) is 22.7. The number of rotatable bonds is 9. The Morgan fingerprint density at radius 1 is 1.10 bits per heavy atom. The number of hydrogen-bond acceptors (Lipinski definition) is 4. The highest BCUT2D eigenvalue weighted by Gasteiger charge is 2.27. The molecule has 5 nitrogen and oxygen atoms in total. The van der Waals surface area contributed by atoms with Gasteiger partial charge in [0.15, 0.2) is 5.76 Å². The van der Waals surface area contributed by atoms with Gasteiger partial charge in [-0.2, -0.15) is 0 Å². The Hall–Kier alpha value is -2.93. The zero-order valence-electron chi connectivity index (χ0n) is 18.0. The van der Waals surface area contributed by atoms with Crippen molar-refractivity contribution in [3.05, 3.63) is 81.7 Å². The van der Waals surface area contributed by atoms with Gasteiger partial charge in [0.25, 0.3) is 5.91 Å². The van der Waals surface area contributed by atoms with Crippen molar-refractivity contribution in [3.8, 4) is 0 Å². The first-order valence-electron chi connectivity index (χ1n) is 10.3. The van der Waals surface area contributed by atoms with E-state index in [1.165, 1.54) is 23.3 Å². The van der Waals surface area contributed by atoms with Crippen molar-refractivity contribution in [2.24, 2.45) is 0 Å². The van der Waals surface area contributed by atoms with Crippen molar-refractivity contribution in [2.45, 2.75) is 46.3 Å². The summed E-state index contributed by atoms with van der Waals surface area (Å²) in [6, 6.07) is 13.3. The summed E-state index contributed by atoms with van der Waals surface area (Å²) in [5.41, 5.74) is 0.829. The van der Waals surface area contributed by atoms with Gasteiger partial charge in [0.2, 0.25) is 5.91 Å². The van der Waals surface area contributed by atoms with E-state index in [0.717, 1.165) is 10.4 Å². The van der Waals surface area contributed by atoms with Crippen molar-refractivity contribution in [1.29, 1.82) is 0 Å². The predicted molar refractivity (Wildman–Crippen MR) is 119 cm³/mol. The lowest BCUT2D eigenvalue weighted by Crippen LogP contribution is -2.46. The van der Waals surface area contributed by atoms with Gasteiger partial charge in [-0.05, 0) is 62.2 Å². The standard InChI is InChI=1S/C24H27FN2O3S/c1-4-17(2)27(24(29)22-6-5-13-30-22)16-23(28)26(15-21-12-7-18(3)31-21)14-19-8-10-20(25)11-9-19/h5-13,17H,4,14-16H2,1-3H3/t17-/m0/s1. The molecule has 2 amide bonds. The van der Waals surface area contributed by atoms with Gasteiger partial charge in [0.1, 0.15) is 12.4 Å². The molecule has 1 atom stereocenters. The summed E-state index contributed by atoms with van der Waals surface area (Å²) >= 11 is 1.63. The number of benzene rings is 1. The number of aryl methyl sites for hydroxylation is 1. The van der Waals surface area contributed by atoms with Crippen molar-refractivity contribution in [3.63, 3.8) is 0 Å². The summed E-state index contributed by atoms with van der Waals surface area (Å²) in [7, 11) is 0. The quantitative estimate of drug-likeness (QED) is 0.454. The molecule has 0 aliphatic heterocycles. The summed E-state index contributed by atoms with van der Waals surface area (Å²) in [5.74, 6) is -0.577. The number of halogens is 1. The van der Waals surface area contributed by atoms with Gasteiger partial charge in [-0.3, -0.25) is 9.59 Å². The maximum absolute atomic E-state index is 13.4. The van der Waals surface area contributed by atoms with Gasteiger partial charge >= 0.3 is 0 Å². The first-order chi connectivity index (χ1) is 14.9. The van der Waals surface area contributed by atoms with Gasteiger partial charge in [-0.1, -0.05) is 19.1 Å². The van der Waals surface area contributed by atoms with Crippen LogP contribution in [0.5, 0.6) is 0 Å². The Bertz CT molecular complexity index is 998. The summed E-state index contributed by atoms with van der Waals surface area (Å²) in [6.07, 6.45) is 2.16. The van der Waals surface area contributed by atoms with E-state index in [2.05, 4.69) is 0 Å². The third-order valence-corrected chi connectivity index (χ3v) is 6.19. The van der Waals surface area contributed by atoms with E-state index in [1.807, 2.05) is 32.9 Å². The van der Waals surface area contributed by atoms with Crippen molar-refractivity contribution in [1.82, 2.24) is 9.80 Å². The topological polar surface area (TPSA) is 53.8 Å². The molecule has 0 unspecified atom stereocenters. The highest BCUT2D eigenvalue weighted by molar-refractivity contribution is 7.11. The molecule has 1 aromatic carbocycles. The number of carbonyl (C=O) groups is 2. The van der Waals surface area contributed by atoms with Gasteiger partial charge < -0.3 is 14.2 Å². The number of carbonyl (C=O) groups excluding carboxylic acids is 2. The van der Waals surface area contributed by atoms with Crippen LogP contribution in [0.3, 0.4) is 0 Å². The monoisotopic (exact) mass is 442 g/mol. The molecule has 0 spiro atoms. The van der Waals surface area contributed by atoms with Gasteiger partial charge in [0.05, 0.1) is 12.8 Å². The van der Waals surface area contributed by atoms with Gasteiger partial charge in [0, 0.05) is 22.3 Å². The summed E-state index contributed by atoms with van der Waals surface area (Å²) in [4.78, 5) is 31.8. The van der Waals surface area contributed by atoms with E-state index in [-0.39, 0.29) is 36.0 Å². The maximum Gasteiger partial charge on any atom is 0.290 e. The molecular formula is C24H27FN2O3S. The number of hydrogen-bond donors (Lipinski definition) is 0. The van der Waals surface area contributed by atoms with E-state index < -0.39 is 0 Å². The molecule has 31 heavy (non-hydrogen) atoms. The molecule has 0 fully saturated rings.